The molecule has 0 bridgehead atoms. The first kappa shape index (κ1) is 13.5. The molecule has 5 heteroatoms. The Hall–Kier alpha value is -0.980. The first-order valence-corrected chi connectivity index (χ1v) is 6.83. The van der Waals surface area contributed by atoms with Crippen LogP contribution in [0.25, 0.3) is 0 Å². The quantitative estimate of drug-likeness (QED) is 0.538. The number of ketones is 1. The molecule has 0 N–H and O–H groups in total. The number of Topliss-reactive ketones (excluding diaryl/α,β-unsaturated/α-hetero) is 1. The van der Waals surface area contributed by atoms with Crippen LogP contribution in [-0.2, 0) is 0 Å². The Morgan fingerprint density at radius 1 is 1.17 bits per heavy atom. The number of carbonyl (C=O) groups is 1. The van der Waals surface area contributed by atoms with Gasteiger partial charge in [0, 0.05) is 5.02 Å². The summed E-state index contributed by atoms with van der Waals surface area (Å²) >= 11 is 19.1. The second-order valence-corrected chi connectivity index (χ2v) is 5.50. The van der Waals surface area contributed by atoms with Gasteiger partial charge in [0.1, 0.15) is 0 Å². The highest BCUT2D eigenvalue weighted by Crippen LogP contribution is 2.29. The van der Waals surface area contributed by atoms with E-state index in [-0.39, 0.29) is 15.6 Å². The van der Waals surface area contributed by atoms with Gasteiger partial charge in [0.25, 0.3) is 0 Å². The van der Waals surface area contributed by atoms with Gasteiger partial charge >= 0.3 is 0 Å². The summed E-state index contributed by atoms with van der Waals surface area (Å²) in [6.07, 6.45) is 0. The lowest BCUT2D eigenvalue weighted by Crippen LogP contribution is -1.97. The lowest BCUT2D eigenvalue weighted by atomic mass is 10.1. The van der Waals surface area contributed by atoms with Crippen LogP contribution in [0.2, 0.25) is 15.1 Å². The van der Waals surface area contributed by atoms with Crippen LogP contribution in [0.1, 0.15) is 15.2 Å². The summed E-state index contributed by atoms with van der Waals surface area (Å²) in [4.78, 5) is 12.7. The SMILES string of the molecule is O=C(C#Cc1cccs1)c1c(Cl)cc(Cl)cc1Cl. The van der Waals surface area contributed by atoms with Crippen LogP contribution in [0.3, 0.4) is 0 Å². The van der Waals surface area contributed by atoms with Crippen molar-refractivity contribution in [3.63, 3.8) is 0 Å². The topological polar surface area (TPSA) is 17.1 Å². The highest BCUT2D eigenvalue weighted by atomic mass is 35.5. The first-order chi connectivity index (χ1) is 8.58. The summed E-state index contributed by atoms with van der Waals surface area (Å²) in [6, 6.07) is 6.63. The summed E-state index contributed by atoms with van der Waals surface area (Å²) in [5, 5.41) is 2.68. The smallest absolute Gasteiger partial charge is 0.239 e. The lowest BCUT2D eigenvalue weighted by molar-refractivity contribution is 0.105. The summed E-state index contributed by atoms with van der Waals surface area (Å²) in [5.74, 6) is 4.85. The zero-order valence-corrected chi connectivity index (χ0v) is 11.9. The minimum absolute atomic E-state index is 0.187. The fraction of sp³-hybridized carbons (Fsp3) is 0. The summed E-state index contributed by atoms with van der Waals surface area (Å²) in [7, 11) is 0. The van der Waals surface area contributed by atoms with Crippen molar-refractivity contribution in [1.82, 2.24) is 0 Å². The first-order valence-electron chi connectivity index (χ1n) is 4.82. The van der Waals surface area contributed by atoms with Gasteiger partial charge in [0.15, 0.2) is 0 Å². The Labute approximate surface area is 123 Å². The van der Waals surface area contributed by atoms with Gasteiger partial charge in [-0.2, -0.15) is 0 Å². The molecular weight excluding hydrogens is 311 g/mol. The molecule has 90 valence electrons. The molecular formula is C13H5Cl3OS. The van der Waals surface area contributed by atoms with Crippen LogP contribution >= 0.6 is 46.1 Å². The zero-order chi connectivity index (χ0) is 13.1. The monoisotopic (exact) mass is 314 g/mol. The fourth-order valence-corrected chi connectivity index (χ4v) is 2.85. The Balaban J connectivity index is 2.35. The highest BCUT2D eigenvalue weighted by molar-refractivity contribution is 7.10. The van der Waals surface area contributed by atoms with E-state index in [4.69, 9.17) is 34.8 Å². The van der Waals surface area contributed by atoms with E-state index in [0.29, 0.717) is 5.02 Å². The average molecular weight is 316 g/mol. The molecule has 0 atom stereocenters. The molecule has 0 aliphatic rings. The van der Waals surface area contributed by atoms with Crippen molar-refractivity contribution in [3.8, 4) is 11.8 Å². The number of hydrogen-bond donors (Lipinski definition) is 0. The van der Waals surface area contributed by atoms with Crippen LogP contribution in [0.4, 0.5) is 0 Å². The number of hydrogen-bond acceptors (Lipinski definition) is 2. The molecule has 18 heavy (non-hydrogen) atoms. The van der Waals surface area contributed by atoms with Crippen molar-refractivity contribution in [2.75, 3.05) is 0 Å². The van der Waals surface area contributed by atoms with E-state index in [0.717, 1.165) is 4.88 Å². The van der Waals surface area contributed by atoms with Crippen molar-refractivity contribution >= 4 is 51.9 Å². The van der Waals surface area contributed by atoms with Crippen LogP contribution in [-0.4, -0.2) is 5.78 Å². The molecule has 0 spiro atoms. The summed E-state index contributed by atoms with van der Waals surface area (Å²) in [6.45, 7) is 0. The van der Waals surface area contributed by atoms with Gasteiger partial charge < -0.3 is 0 Å². The molecule has 1 nitrogen and oxygen atoms in total. The van der Waals surface area contributed by atoms with Gasteiger partial charge in [-0.25, -0.2) is 0 Å². The maximum absolute atomic E-state index is 11.9. The molecule has 1 aromatic heterocycles. The number of carbonyl (C=O) groups excluding carboxylic acids is 1. The molecule has 0 aliphatic carbocycles. The molecule has 2 aromatic rings. The Morgan fingerprint density at radius 2 is 1.83 bits per heavy atom. The maximum Gasteiger partial charge on any atom is 0.239 e. The normalized spacial score (nSPS) is 9.72. The molecule has 0 aliphatic heterocycles. The maximum atomic E-state index is 11.9. The molecule has 0 unspecified atom stereocenters. The highest BCUT2D eigenvalue weighted by Gasteiger charge is 2.13. The van der Waals surface area contributed by atoms with Crippen molar-refractivity contribution < 1.29 is 4.79 Å². The molecule has 1 aromatic carbocycles. The van der Waals surface area contributed by atoms with Gasteiger partial charge in [0.2, 0.25) is 5.78 Å². The molecule has 0 saturated carbocycles. The van der Waals surface area contributed by atoms with Crippen LogP contribution in [0.5, 0.6) is 0 Å². The standard InChI is InChI=1S/C13H5Cl3OS/c14-8-6-10(15)13(11(16)7-8)12(17)4-3-9-2-1-5-18-9/h1-2,5-7H. The third kappa shape index (κ3) is 3.07. The van der Waals surface area contributed by atoms with Crippen LogP contribution in [0.15, 0.2) is 29.6 Å². The van der Waals surface area contributed by atoms with E-state index < -0.39 is 5.78 Å². The minimum Gasteiger partial charge on any atom is -0.279 e. The fourth-order valence-electron chi connectivity index (χ4n) is 1.29. The van der Waals surface area contributed by atoms with Gasteiger partial charge in [0.05, 0.1) is 20.5 Å². The third-order valence-electron chi connectivity index (χ3n) is 2.05. The summed E-state index contributed by atoms with van der Waals surface area (Å²) < 4.78 is 0. The second-order valence-electron chi connectivity index (χ2n) is 3.30. The van der Waals surface area contributed by atoms with Gasteiger partial charge in [-0.3, -0.25) is 4.79 Å². The Kier molecular flexibility index (Phi) is 4.31. The number of thiophene rings is 1. The number of benzene rings is 1. The van der Waals surface area contributed by atoms with E-state index in [2.05, 4.69) is 11.8 Å². The average Bonchev–Trinajstić information content (AvgIpc) is 2.77. The molecule has 1 heterocycles. The van der Waals surface area contributed by atoms with Crippen molar-refractivity contribution in [3.05, 3.63) is 55.2 Å². The predicted molar refractivity (Wildman–Crippen MR) is 77.0 cm³/mol. The van der Waals surface area contributed by atoms with E-state index >= 15 is 0 Å². The minimum atomic E-state index is -0.421. The Bertz CT molecular complexity index is 628. The van der Waals surface area contributed by atoms with E-state index in [1.165, 1.54) is 23.5 Å². The van der Waals surface area contributed by atoms with Crippen molar-refractivity contribution in [2.24, 2.45) is 0 Å². The van der Waals surface area contributed by atoms with Gasteiger partial charge in [-0.1, -0.05) is 40.9 Å². The second kappa shape index (κ2) is 5.77. The number of rotatable bonds is 1. The predicted octanol–water partition coefficient (Wildman–Crippen LogP) is 4.94. The van der Waals surface area contributed by atoms with Crippen molar-refractivity contribution in [2.45, 2.75) is 0 Å². The van der Waals surface area contributed by atoms with E-state index in [1.807, 2.05) is 17.5 Å². The van der Waals surface area contributed by atoms with Gasteiger partial charge in [-0.05, 0) is 35.4 Å². The molecule has 0 amide bonds. The molecule has 0 fully saturated rings. The molecule has 2 rings (SSSR count). The third-order valence-corrected chi connectivity index (χ3v) is 3.65. The van der Waals surface area contributed by atoms with E-state index in [1.54, 1.807) is 0 Å². The zero-order valence-electron chi connectivity index (χ0n) is 8.84. The summed E-state index contributed by atoms with van der Waals surface area (Å²) in [5.41, 5.74) is 0.187. The lowest BCUT2D eigenvalue weighted by Gasteiger charge is -2.02. The molecule has 0 radical (unpaired) electrons. The van der Waals surface area contributed by atoms with Crippen molar-refractivity contribution in [1.29, 1.82) is 0 Å². The van der Waals surface area contributed by atoms with E-state index in [9.17, 15) is 4.79 Å². The largest absolute Gasteiger partial charge is 0.279 e. The number of halogens is 3. The van der Waals surface area contributed by atoms with Gasteiger partial charge in [-0.15, -0.1) is 11.3 Å². The van der Waals surface area contributed by atoms with Crippen LogP contribution in [0, 0.1) is 11.8 Å². The Morgan fingerprint density at radius 3 is 2.39 bits per heavy atom. The van der Waals surface area contributed by atoms with Crippen LogP contribution < -0.4 is 0 Å². The molecule has 0 saturated heterocycles.